The second-order valence-corrected chi connectivity index (χ2v) is 10.3. The third kappa shape index (κ3) is 7.01. The van der Waals surface area contributed by atoms with Gasteiger partial charge in [0.2, 0.25) is 0 Å². The summed E-state index contributed by atoms with van der Waals surface area (Å²) in [7, 11) is 0. The van der Waals surface area contributed by atoms with Gasteiger partial charge in [0.15, 0.2) is 0 Å². The fourth-order valence-electron chi connectivity index (χ4n) is 6.30. The van der Waals surface area contributed by atoms with Crippen molar-refractivity contribution in [2.24, 2.45) is 5.92 Å². The number of hydrogen-bond donors (Lipinski definition) is 2. The van der Waals surface area contributed by atoms with Crippen molar-refractivity contribution in [2.45, 2.75) is 134 Å². The van der Waals surface area contributed by atoms with Crippen molar-refractivity contribution >= 4 is 0 Å². The van der Waals surface area contributed by atoms with Crippen molar-refractivity contribution in [1.29, 1.82) is 0 Å². The van der Waals surface area contributed by atoms with Crippen LogP contribution in [0, 0.1) is 5.92 Å². The van der Waals surface area contributed by atoms with Crippen LogP contribution in [0.25, 0.3) is 0 Å². The van der Waals surface area contributed by atoms with Gasteiger partial charge in [0.25, 0.3) is 0 Å². The van der Waals surface area contributed by atoms with Gasteiger partial charge in [-0.25, -0.2) is 0 Å². The molecule has 0 amide bonds. The molecule has 2 N–H and O–H groups in total. The summed E-state index contributed by atoms with van der Waals surface area (Å²) in [5.41, 5.74) is 1.67. The molecule has 1 aromatic rings. The molecule has 0 bridgehead atoms. The molecule has 2 nitrogen and oxygen atoms in total. The van der Waals surface area contributed by atoms with E-state index < -0.39 is 0 Å². The van der Waals surface area contributed by atoms with E-state index in [0.29, 0.717) is 11.7 Å². The van der Waals surface area contributed by atoms with Gasteiger partial charge in [0.1, 0.15) is 5.75 Å². The van der Waals surface area contributed by atoms with E-state index in [1.165, 1.54) is 102 Å². The standard InChI is InChI=1S/C28H46O2/c29-26-18-14-24(15-19-26)28(25-16-20-27(30)21-17-25)22-12-10-8-6-4-2-1-3-5-7-9-11-13-23-28/h14-15,18-19,25,27,29-30H,1-13,16-17,20-23H2. The third-order valence-corrected chi connectivity index (χ3v) is 8.17. The number of aliphatic hydroxyl groups excluding tert-OH is 1. The first-order valence-electron chi connectivity index (χ1n) is 13.2. The molecular formula is C28H46O2. The van der Waals surface area contributed by atoms with Gasteiger partial charge in [0.05, 0.1) is 6.10 Å². The van der Waals surface area contributed by atoms with Crippen LogP contribution in [-0.2, 0) is 5.41 Å². The molecule has 0 unspecified atom stereocenters. The molecule has 0 aliphatic heterocycles. The maximum atomic E-state index is 10.1. The van der Waals surface area contributed by atoms with Gasteiger partial charge in [0, 0.05) is 0 Å². The Kier molecular flexibility index (Phi) is 10.0. The van der Waals surface area contributed by atoms with Crippen LogP contribution in [0.3, 0.4) is 0 Å². The van der Waals surface area contributed by atoms with Crippen molar-refractivity contribution in [3.05, 3.63) is 29.8 Å². The lowest BCUT2D eigenvalue weighted by molar-refractivity contribution is 0.0720. The number of hydrogen-bond acceptors (Lipinski definition) is 2. The topological polar surface area (TPSA) is 40.5 Å². The van der Waals surface area contributed by atoms with Gasteiger partial charge < -0.3 is 10.2 Å². The lowest BCUT2D eigenvalue weighted by atomic mass is 9.60. The summed E-state index contributed by atoms with van der Waals surface area (Å²) in [6.07, 6.45) is 24.8. The van der Waals surface area contributed by atoms with Crippen LogP contribution >= 0.6 is 0 Å². The van der Waals surface area contributed by atoms with E-state index in [-0.39, 0.29) is 11.5 Å². The van der Waals surface area contributed by atoms with Crippen LogP contribution < -0.4 is 0 Å². The molecule has 0 spiro atoms. The second-order valence-electron chi connectivity index (χ2n) is 10.3. The lowest BCUT2D eigenvalue weighted by Crippen LogP contribution is -2.38. The molecule has 170 valence electrons. The van der Waals surface area contributed by atoms with Crippen LogP contribution in [0.5, 0.6) is 5.75 Å². The Balaban J connectivity index is 1.77. The molecule has 1 aromatic carbocycles. The zero-order valence-corrected chi connectivity index (χ0v) is 19.3. The molecule has 0 aromatic heterocycles. The highest BCUT2D eigenvalue weighted by Crippen LogP contribution is 2.48. The highest BCUT2D eigenvalue weighted by Gasteiger charge is 2.40. The SMILES string of the molecule is Oc1ccc(C2(C3CCC(O)CC3)CCCCCCCCCCCCCCC2)cc1. The van der Waals surface area contributed by atoms with Crippen LogP contribution in [0.4, 0.5) is 0 Å². The molecule has 2 fully saturated rings. The van der Waals surface area contributed by atoms with E-state index in [1.54, 1.807) is 0 Å². The van der Waals surface area contributed by atoms with Gasteiger partial charge in [-0.15, -0.1) is 0 Å². The van der Waals surface area contributed by atoms with Crippen molar-refractivity contribution in [3.63, 3.8) is 0 Å². The molecule has 0 heterocycles. The molecule has 3 rings (SSSR count). The van der Waals surface area contributed by atoms with Crippen molar-refractivity contribution in [1.82, 2.24) is 0 Å². The molecule has 2 aliphatic carbocycles. The van der Waals surface area contributed by atoms with Gasteiger partial charge in [-0.3, -0.25) is 0 Å². The molecule has 0 radical (unpaired) electrons. The minimum atomic E-state index is -0.0932. The third-order valence-electron chi connectivity index (χ3n) is 8.17. The van der Waals surface area contributed by atoms with Crippen LogP contribution in [0.1, 0.15) is 128 Å². The second kappa shape index (κ2) is 12.7. The van der Waals surface area contributed by atoms with Crippen LogP contribution in [0.2, 0.25) is 0 Å². The van der Waals surface area contributed by atoms with E-state index >= 15 is 0 Å². The Morgan fingerprint density at radius 2 is 0.967 bits per heavy atom. The molecule has 2 heteroatoms. The minimum absolute atomic E-state index is 0.0932. The monoisotopic (exact) mass is 414 g/mol. The first-order valence-corrected chi connectivity index (χ1v) is 13.2. The van der Waals surface area contributed by atoms with E-state index in [0.717, 1.165) is 25.7 Å². The number of benzene rings is 1. The number of aromatic hydroxyl groups is 1. The van der Waals surface area contributed by atoms with Crippen molar-refractivity contribution in [3.8, 4) is 5.75 Å². The quantitative estimate of drug-likeness (QED) is 0.514. The summed E-state index contributed by atoms with van der Waals surface area (Å²) in [4.78, 5) is 0. The Morgan fingerprint density at radius 3 is 1.40 bits per heavy atom. The first-order chi connectivity index (χ1) is 14.7. The summed E-state index contributed by atoms with van der Waals surface area (Å²) in [6.45, 7) is 0. The largest absolute Gasteiger partial charge is 0.508 e. The number of rotatable bonds is 2. The normalized spacial score (nSPS) is 28.0. The molecule has 2 saturated carbocycles. The van der Waals surface area contributed by atoms with Crippen molar-refractivity contribution in [2.75, 3.05) is 0 Å². The fourth-order valence-corrected chi connectivity index (χ4v) is 6.30. The average Bonchev–Trinajstić information content (AvgIpc) is 2.75. The van der Waals surface area contributed by atoms with Gasteiger partial charge >= 0.3 is 0 Å². The molecule has 0 saturated heterocycles. The average molecular weight is 415 g/mol. The molecular weight excluding hydrogens is 368 g/mol. The maximum Gasteiger partial charge on any atom is 0.115 e. The maximum absolute atomic E-state index is 10.1. The van der Waals surface area contributed by atoms with E-state index in [2.05, 4.69) is 12.1 Å². The fraction of sp³-hybridized carbons (Fsp3) is 0.786. The number of phenolic OH excluding ortho intramolecular Hbond substituents is 1. The predicted octanol–water partition coefficient (Wildman–Crippen LogP) is 8.05. The number of phenols is 1. The van der Waals surface area contributed by atoms with Crippen LogP contribution in [0.15, 0.2) is 24.3 Å². The Labute approximate surface area is 185 Å². The zero-order chi connectivity index (χ0) is 21.1. The van der Waals surface area contributed by atoms with Crippen LogP contribution in [-0.4, -0.2) is 16.3 Å². The Hall–Kier alpha value is -1.02. The van der Waals surface area contributed by atoms with E-state index in [4.69, 9.17) is 0 Å². The number of aliphatic hydroxyl groups is 1. The first kappa shape index (κ1) is 23.6. The highest BCUT2D eigenvalue weighted by atomic mass is 16.3. The Bertz CT molecular complexity index is 555. The van der Waals surface area contributed by atoms with Gasteiger partial charge in [-0.05, 0) is 67.6 Å². The van der Waals surface area contributed by atoms with Crippen molar-refractivity contribution < 1.29 is 10.2 Å². The van der Waals surface area contributed by atoms with Gasteiger partial charge in [-0.1, -0.05) is 95.6 Å². The molecule has 2 aliphatic rings. The highest BCUT2D eigenvalue weighted by molar-refractivity contribution is 5.32. The Morgan fingerprint density at radius 1 is 0.567 bits per heavy atom. The summed E-state index contributed by atoms with van der Waals surface area (Å²) in [5.74, 6) is 1.05. The lowest BCUT2D eigenvalue weighted by Gasteiger charge is -2.45. The van der Waals surface area contributed by atoms with E-state index in [1.807, 2.05) is 12.1 Å². The van der Waals surface area contributed by atoms with E-state index in [9.17, 15) is 10.2 Å². The smallest absolute Gasteiger partial charge is 0.115 e. The molecule has 30 heavy (non-hydrogen) atoms. The predicted molar refractivity (Wildman–Crippen MR) is 127 cm³/mol. The minimum Gasteiger partial charge on any atom is -0.508 e. The summed E-state index contributed by atoms with van der Waals surface area (Å²) < 4.78 is 0. The summed E-state index contributed by atoms with van der Waals surface area (Å²) in [5, 5.41) is 20.1. The van der Waals surface area contributed by atoms with Gasteiger partial charge in [-0.2, -0.15) is 0 Å². The summed E-state index contributed by atoms with van der Waals surface area (Å²) in [6, 6.07) is 8.21. The zero-order valence-electron chi connectivity index (χ0n) is 19.3. The summed E-state index contributed by atoms with van der Waals surface area (Å²) >= 11 is 0. The molecule has 0 atom stereocenters.